The fourth-order valence-corrected chi connectivity index (χ4v) is 3.43. The number of alkyl halides is 1. The standard InChI is InChI=1S/C19H27BrN2O4/c1-19(2,3)22(18(24)25)12-13-10-17(23)21-16-11-14(6-7-15(13)16)26-9-5-4-8-20/h6-7,11,13H,4-5,8-10,12H2,1-3H3,(H,21,23)(H,24,25). The number of anilines is 1. The fraction of sp³-hybridized carbons (Fsp3) is 0.579. The molecule has 0 bridgehead atoms. The number of halogens is 1. The Morgan fingerprint density at radius 3 is 2.73 bits per heavy atom. The number of fused-ring (bicyclic) bond motifs is 1. The lowest BCUT2D eigenvalue weighted by Gasteiger charge is -2.37. The molecule has 144 valence electrons. The van der Waals surface area contributed by atoms with Crippen molar-refractivity contribution in [2.24, 2.45) is 0 Å². The molecule has 1 aromatic carbocycles. The second-order valence-corrected chi connectivity index (χ2v) is 8.30. The van der Waals surface area contributed by atoms with Gasteiger partial charge >= 0.3 is 6.09 Å². The second kappa shape index (κ2) is 8.75. The maximum atomic E-state index is 12.1. The molecule has 2 amide bonds. The Balaban J connectivity index is 2.17. The number of nitrogens with zero attached hydrogens (tertiary/aromatic N) is 1. The summed E-state index contributed by atoms with van der Waals surface area (Å²) in [6.45, 7) is 6.47. The maximum absolute atomic E-state index is 12.1. The van der Waals surface area contributed by atoms with Crippen molar-refractivity contribution in [2.45, 2.75) is 51.5 Å². The summed E-state index contributed by atoms with van der Waals surface area (Å²) >= 11 is 3.39. The van der Waals surface area contributed by atoms with Crippen LogP contribution >= 0.6 is 15.9 Å². The Hall–Kier alpha value is -1.76. The number of carboxylic acid groups (broad SMARTS) is 1. The van der Waals surface area contributed by atoms with Crippen molar-refractivity contribution in [1.29, 1.82) is 0 Å². The smallest absolute Gasteiger partial charge is 0.407 e. The Morgan fingerprint density at radius 2 is 2.12 bits per heavy atom. The molecule has 0 radical (unpaired) electrons. The third-order valence-electron chi connectivity index (χ3n) is 4.41. The van der Waals surface area contributed by atoms with Gasteiger partial charge in [0.15, 0.2) is 0 Å². The first-order valence-electron chi connectivity index (χ1n) is 8.85. The van der Waals surface area contributed by atoms with Gasteiger partial charge in [-0.1, -0.05) is 22.0 Å². The van der Waals surface area contributed by atoms with E-state index < -0.39 is 11.6 Å². The lowest BCUT2D eigenvalue weighted by Crippen LogP contribution is -2.47. The molecule has 1 atom stereocenters. The highest BCUT2D eigenvalue weighted by Gasteiger charge is 2.33. The van der Waals surface area contributed by atoms with Gasteiger partial charge in [-0.2, -0.15) is 0 Å². The molecule has 1 aromatic rings. The first-order valence-corrected chi connectivity index (χ1v) is 9.97. The van der Waals surface area contributed by atoms with Gasteiger partial charge in [0.05, 0.1) is 6.61 Å². The summed E-state index contributed by atoms with van der Waals surface area (Å²) in [6, 6.07) is 5.65. The number of rotatable bonds is 7. The van der Waals surface area contributed by atoms with E-state index in [1.807, 2.05) is 39.0 Å². The van der Waals surface area contributed by atoms with Crippen LogP contribution in [0.3, 0.4) is 0 Å². The minimum absolute atomic E-state index is 0.0989. The van der Waals surface area contributed by atoms with E-state index >= 15 is 0 Å². The Bertz CT molecular complexity index is 657. The Morgan fingerprint density at radius 1 is 1.38 bits per heavy atom. The van der Waals surface area contributed by atoms with Gasteiger partial charge in [0, 0.05) is 41.5 Å². The number of hydrogen-bond acceptors (Lipinski definition) is 3. The zero-order chi connectivity index (χ0) is 19.3. The number of benzene rings is 1. The van der Waals surface area contributed by atoms with Crippen LogP contribution in [0.4, 0.5) is 10.5 Å². The Kier molecular flexibility index (Phi) is 6.92. The van der Waals surface area contributed by atoms with Crippen molar-refractivity contribution in [3.63, 3.8) is 0 Å². The van der Waals surface area contributed by atoms with E-state index in [0.29, 0.717) is 18.0 Å². The molecule has 7 heteroatoms. The third-order valence-corrected chi connectivity index (χ3v) is 4.97. The molecule has 0 saturated heterocycles. The van der Waals surface area contributed by atoms with E-state index in [-0.39, 0.29) is 24.8 Å². The molecule has 0 fully saturated rings. The molecule has 1 aliphatic heterocycles. The van der Waals surface area contributed by atoms with Crippen LogP contribution in [0.5, 0.6) is 5.75 Å². The molecule has 6 nitrogen and oxygen atoms in total. The zero-order valence-electron chi connectivity index (χ0n) is 15.5. The number of nitrogens with one attached hydrogen (secondary N) is 1. The predicted molar refractivity (Wildman–Crippen MR) is 105 cm³/mol. The van der Waals surface area contributed by atoms with Crippen LogP contribution in [0.2, 0.25) is 0 Å². The van der Waals surface area contributed by atoms with E-state index in [4.69, 9.17) is 4.74 Å². The summed E-state index contributed by atoms with van der Waals surface area (Å²) in [5.74, 6) is 0.444. The summed E-state index contributed by atoms with van der Waals surface area (Å²) in [4.78, 5) is 25.2. The minimum Gasteiger partial charge on any atom is -0.494 e. The Labute approximate surface area is 163 Å². The van der Waals surface area contributed by atoms with Crippen molar-refractivity contribution < 1.29 is 19.4 Å². The number of amides is 2. The normalized spacial score (nSPS) is 16.6. The number of carbonyl (C=O) groups is 2. The van der Waals surface area contributed by atoms with Gasteiger partial charge < -0.3 is 20.1 Å². The van der Waals surface area contributed by atoms with Crippen LogP contribution in [0, 0.1) is 0 Å². The lowest BCUT2D eigenvalue weighted by molar-refractivity contribution is -0.117. The van der Waals surface area contributed by atoms with Crippen LogP contribution in [-0.4, -0.2) is 46.0 Å². The summed E-state index contributed by atoms with van der Waals surface area (Å²) in [6.07, 6.45) is 1.30. The molecular formula is C19H27BrN2O4. The first-order chi connectivity index (χ1) is 12.2. The second-order valence-electron chi connectivity index (χ2n) is 7.51. The summed E-state index contributed by atoms with van der Waals surface area (Å²) in [7, 11) is 0. The topological polar surface area (TPSA) is 78.9 Å². The molecule has 1 aliphatic rings. The summed E-state index contributed by atoms with van der Waals surface area (Å²) in [5, 5.41) is 13.4. The number of carbonyl (C=O) groups excluding carboxylic acids is 1. The van der Waals surface area contributed by atoms with Gasteiger partial charge in [0.25, 0.3) is 0 Å². The van der Waals surface area contributed by atoms with E-state index in [0.717, 1.165) is 23.7 Å². The van der Waals surface area contributed by atoms with Gasteiger partial charge in [-0.25, -0.2) is 4.79 Å². The highest BCUT2D eigenvalue weighted by molar-refractivity contribution is 9.09. The SMILES string of the molecule is CC(C)(C)N(CC1CC(=O)Nc2cc(OCCCCBr)ccc21)C(=O)O. The van der Waals surface area contributed by atoms with Gasteiger partial charge in [-0.15, -0.1) is 0 Å². The molecule has 0 aliphatic carbocycles. The molecule has 1 unspecified atom stereocenters. The summed E-state index contributed by atoms with van der Waals surface area (Å²) < 4.78 is 5.74. The van der Waals surface area contributed by atoms with Crippen LogP contribution in [0.1, 0.15) is 51.5 Å². The molecule has 26 heavy (non-hydrogen) atoms. The lowest BCUT2D eigenvalue weighted by atomic mass is 9.89. The molecule has 2 rings (SSSR count). The highest BCUT2D eigenvalue weighted by atomic mass is 79.9. The van der Waals surface area contributed by atoms with Crippen LogP contribution in [0.15, 0.2) is 18.2 Å². The van der Waals surface area contributed by atoms with Crippen molar-refractivity contribution in [3.05, 3.63) is 23.8 Å². The molecule has 1 heterocycles. The number of ether oxygens (including phenoxy) is 1. The maximum Gasteiger partial charge on any atom is 0.407 e. The van der Waals surface area contributed by atoms with Gasteiger partial charge in [0.1, 0.15) is 5.75 Å². The van der Waals surface area contributed by atoms with Gasteiger partial charge in [-0.05, 0) is 45.2 Å². The minimum atomic E-state index is -0.975. The molecule has 0 saturated carbocycles. The van der Waals surface area contributed by atoms with E-state index in [9.17, 15) is 14.7 Å². The largest absolute Gasteiger partial charge is 0.494 e. The average Bonchev–Trinajstić information content (AvgIpc) is 2.54. The van der Waals surface area contributed by atoms with E-state index in [2.05, 4.69) is 21.2 Å². The van der Waals surface area contributed by atoms with Crippen LogP contribution in [-0.2, 0) is 4.79 Å². The number of hydrogen-bond donors (Lipinski definition) is 2. The van der Waals surface area contributed by atoms with Crippen molar-refractivity contribution >= 4 is 33.6 Å². The van der Waals surface area contributed by atoms with E-state index in [1.54, 1.807) is 0 Å². The molecule has 2 N–H and O–H groups in total. The van der Waals surface area contributed by atoms with E-state index in [1.165, 1.54) is 4.90 Å². The molecule has 0 aromatic heterocycles. The summed E-state index contributed by atoms with van der Waals surface area (Å²) in [5.41, 5.74) is 1.13. The quantitative estimate of drug-likeness (QED) is 0.498. The van der Waals surface area contributed by atoms with Crippen molar-refractivity contribution in [2.75, 3.05) is 23.8 Å². The van der Waals surface area contributed by atoms with Crippen LogP contribution in [0.25, 0.3) is 0 Å². The fourth-order valence-electron chi connectivity index (χ4n) is 3.03. The monoisotopic (exact) mass is 426 g/mol. The van der Waals surface area contributed by atoms with Crippen molar-refractivity contribution in [1.82, 2.24) is 4.90 Å². The predicted octanol–water partition coefficient (Wildman–Crippen LogP) is 4.44. The number of unbranched alkanes of at least 4 members (excludes halogenated alkanes) is 1. The molecular weight excluding hydrogens is 400 g/mol. The van der Waals surface area contributed by atoms with Gasteiger partial charge in [0.2, 0.25) is 5.91 Å². The third kappa shape index (κ3) is 5.37. The molecule has 0 spiro atoms. The zero-order valence-corrected chi connectivity index (χ0v) is 17.1. The first kappa shape index (κ1) is 20.6. The van der Waals surface area contributed by atoms with Gasteiger partial charge in [-0.3, -0.25) is 4.79 Å². The highest BCUT2D eigenvalue weighted by Crippen LogP contribution is 2.36. The van der Waals surface area contributed by atoms with Crippen molar-refractivity contribution in [3.8, 4) is 5.75 Å². The average molecular weight is 427 g/mol. The van der Waals surface area contributed by atoms with Crippen LogP contribution < -0.4 is 10.1 Å².